The number of carbonyl (C=O) groups excluding carboxylic acids is 3. The van der Waals surface area contributed by atoms with E-state index in [9.17, 15) is 14.4 Å². The first-order chi connectivity index (χ1) is 16.8. The lowest BCUT2D eigenvalue weighted by Crippen LogP contribution is -2.43. The molecule has 2 N–H and O–H groups in total. The Kier molecular flexibility index (Phi) is 11.8. The van der Waals surface area contributed by atoms with Crippen LogP contribution in [-0.2, 0) is 20.7 Å². The first kappa shape index (κ1) is 28.4. The summed E-state index contributed by atoms with van der Waals surface area (Å²) in [6.45, 7) is 4.16. The minimum atomic E-state index is -0.990. The van der Waals surface area contributed by atoms with Gasteiger partial charge >= 0.3 is 11.9 Å². The molecule has 35 heavy (non-hydrogen) atoms. The van der Waals surface area contributed by atoms with E-state index in [2.05, 4.69) is 10.6 Å². The highest BCUT2D eigenvalue weighted by atomic mass is 35.5. The van der Waals surface area contributed by atoms with Crippen molar-refractivity contribution in [3.05, 3.63) is 57.6 Å². The van der Waals surface area contributed by atoms with E-state index in [1.807, 2.05) is 37.4 Å². The molecule has 1 atom stereocenters. The second-order valence-electron chi connectivity index (χ2n) is 7.60. The molecule has 0 radical (unpaired) electrons. The second-order valence-corrected chi connectivity index (χ2v) is 8.38. The zero-order valence-corrected chi connectivity index (χ0v) is 21.5. The summed E-state index contributed by atoms with van der Waals surface area (Å²) in [4.78, 5) is 37.5. The SMILES string of the molecule is CCOC(=O)[C@@H](Cc1ccccc1)NC(=O)c1cc(Cl)c(OCCCCNC)c(Cl)c1OC(C)=O. The highest BCUT2D eigenvalue weighted by Gasteiger charge is 2.28. The minimum Gasteiger partial charge on any atom is -0.490 e. The van der Waals surface area contributed by atoms with Gasteiger partial charge in [0, 0.05) is 13.3 Å². The summed E-state index contributed by atoms with van der Waals surface area (Å²) in [6, 6.07) is 9.48. The van der Waals surface area contributed by atoms with Gasteiger partial charge in [-0.05, 0) is 45.0 Å². The van der Waals surface area contributed by atoms with E-state index in [0.717, 1.165) is 24.9 Å². The highest BCUT2D eigenvalue weighted by Crippen LogP contribution is 2.43. The third kappa shape index (κ3) is 8.72. The van der Waals surface area contributed by atoms with E-state index in [1.165, 1.54) is 13.0 Å². The van der Waals surface area contributed by atoms with Crippen LogP contribution in [0, 0.1) is 0 Å². The molecule has 190 valence electrons. The van der Waals surface area contributed by atoms with Gasteiger partial charge in [0.05, 0.1) is 23.8 Å². The van der Waals surface area contributed by atoms with E-state index < -0.39 is 23.9 Å². The molecule has 10 heteroatoms. The largest absolute Gasteiger partial charge is 0.490 e. The normalized spacial score (nSPS) is 11.5. The summed E-state index contributed by atoms with van der Waals surface area (Å²) in [5, 5.41) is 5.65. The van der Waals surface area contributed by atoms with Gasteiger partial charge in [0.25, 0.3) is 5.91 Å². The molecule has 0 aliphatic heterocycles. The number of hydrogen-bond donors (Lipinski definition) is 2. The number of unbranched alkanes of at least 4 members (excludes halogenated alkanes) is 1. The molecule has 0 saturated carbocycles. The highest BCUT2D eigenvalue weighted by molar-refractivity contribution is 6.39. The number of carbonyl (C=O) groups is 3. The summed E-state index contributed by atoms with van der Waals surface area (Å²) in [5.74, 6) is -2.09. The molecule has 0 spiro atoms. The molecule has 0 aliphatic rings. The summed E-state index contributed by atoms with van der Waals surface area (Å²) in [5.41, 5.74) is 0.712. The Hall–Kier alpha value is -2.81. The molecular formula is C25H30Cl2N2O6. The van der Waals surface area contributed by atoms with Crippen molar-refractivity contribution < 1.29 is 28.6 Å². The van der Waals surface area contributed by atoms with Gasteiger partial charge in [-0.2, -0.15) is 0 Å². The van der Waals surface area contributed by atoms with Crippen molar-refractivity contribution in [1.82, 2.24) is 10.6 Å². The number of nitrogens with one attached hydrogen (secondary N) is 2. The lowest BCUT2D eigenvalue weighted by molar-refractivity contribution is -0.145. The fourth-order valence-electron chi connectivity index (χ4n) is 3.23. The van der Waals surface area contributed by atoms with E-state index >= 15 is 0 Å². The average molecular weight is 525 g/mol. The molecule has 2 aromatic carbocycles. The standard InChI is InChI=1S/C25H30Cl2N2O6/c1-4-33-25(32)20(14-17-10-6-5-7-11-17)29-24(31)18-15-19(26)23(34-13-9-8-12-28-3)21(27)22(18)35-16(2)30/h5-7,10-11,15,20,28H,4,8-9,12-14H2,1-3H3,(H,29,31)/t20-/m1/s1. The van der Waals surface area contributed by atoms with Crippen LogP contribution >= 0.6 is 23.2 Å². The maximum Gasteiger partial charge on any atom is 0.328 e. The summed E-state index contributed by atoms with van der Waals surface area (Å²) < 4.78 is 16.1. The monoisotopic (exact) mass is 524 g/mol. The molecule has 0 aromatic heterocycles. The Bertz CT molecular complexity index is 1020. The molecule has 0 fully saturated rings. The molecule has 1 amide bonds. The van der Waals surface area contributed by atoms with Crippen molar-refractivity contribution in [2.24, 2.45) is 0 Å². The fourth-order valence-corrected chi connectivity index (χ4v) is 3.83. The van der Waals surface area contributed by atoms with Crippen LogP contribution in [0.3, 0.4) is 0 Å². The summed E-state index contributed by atoms with van der Waals surface area (Å²) in [7, 11) is 1.86. The van der Waals surface area contributed by atoms with Gasteiger partial charge < -0.3 is 24.8 Å². The first-order valence-electron chi connectivity index (χ1n) is 11.3. The number of ether oxygens (including phenoxy) is 3. The summed E-state index contributed by atoms with van der Waals surface area (Å²) >= 11 is 12.8. The first-order valence-corrected chi connectivity index (χ1v) is 12.0. The van der Waals surface area contributed by atoms with Gasteiger partial charge in [0.1, 0.15) is 11.1 Å². The van der Waals surface area contributed by atoms with Gasteiger partial charge in [-0.25, -0.2) is 4.79 Å². The second kappa shape index (κ2) is 14.6. The number of hydrogen-bond acceptors (Lipinski definition) is 7. The third-order valence-corrected chi connectivity index (χ3v) is 5.47. The molecular weight excluding hydrogens is 495 g/mol. The minimum absolute atomic E-state index is 0.0698. The topological polar surface area (TPSA) is 103 Å². The van der Waals surface area contributed by atoms with Crippen LogP contribution in [0.2, 0.25) is 10.0 Å². The van der Waals surface area contributed by atoms with Crippen molar-refractivity contribution in [1.29, 1.82) is 0 Å². The quantitative estimate of drug-likeness (QED) is 0.230. The number of benzene rings is 2. The Morgan fingerprint density at radius 3 is 2.40 bits per heavy atom. The molecule has 0 saturated heterocycles. The van der Waals surface area contributed by atoms with Crippen LogP contribution in [-0.4, -0.2) is 50.7 Å². The van der Waals surface area contributed by atoms with Crippen molar-refractivity contribution >= 4 is 41.0 Å². The average Bonchev–Trinajstić information content (AvgIpc) is 2.82. The van der Waals surface area contributed by atoms with Gasteiger partial charge in [0.15, 0.2) is 11.5 Å². The fraction of sp³-hybridized carbons (Fsp3) is 0.400. The smallest absolute Gasteiger partial charge is 0.328 e. The van der Waals surface area contributed by atoms with E-state index in [4.69, 9.17) is 37.4 Å². The number of halogens is 2. The lowest BCUT2D eigenvalue weighted by Gasteiger charge is -2.20. The Labute approximate surface area is 215 Å². The number of esters is 2. The lowest BCUT2D eigenvalue weighted by atomic mass is 10.0. The van der Waals surface area contributed by atoms with Crippen LogP contribution in [0.1, 0.15) is 42.6 Å². The van der Waals surface area contributed by atoms with E-state index in [-0.39, 0.29) is 40.1 Å². The molecule has 0 unspecified atom stereocenters. The zero-order valence-electron chi connectivity index (χ0n) is 20.0. The molecule has 0 bridgehead atoms. The molecule has 0 aliphatic carbocycles. The Balaban J connectivity index is 2.33. The summed E-state index contributed by atoms with van der Waals surface area (Å²) in [6.07, 6.45) is 1.81. The van der Waals surface area contributed by atoms with Gasteiger partial charge in [-0.1, -0.05) is 53.5 Å². The van der Waals surface area contributed by atoms with Crippen LogP contribution in [0.5, 0.6) is 11.5 Å². The molecule has 8 nitrogen and oxygen atoms in total. The van der Waals surface area contributed by atoms with Gasteiger partial charge in [0.2, 0.25) is 0 Å². The number of amides is 1. The van der Waals surface area contributed by atoms with Crippen molar-refractivity contribution in [2.75, 3.05) is 26.8 Å². The van der Waals surface area contributed by atoms with Gasteiger partial charge in [-0.15, -0.1) is 0 Å². The van der Waals surface area contributed by atoms with E-state index in [0.29, 0.717) is 6.61 Å². The third-order valence-electron chi connectivity index (χ3n) is 4.85. The van der Waals surface area contributed by atoms with Crippen LogP contribution in [0.15, 0.2) is 36.4 Å². The number of rotatable bonds is 13. The Morgan fingerprint density at radius 1 is 1.06 bits per heavy atom. The Morgan fingerprint density at radius 2 is 1.77 bits per heavy atom. The molecule has 0 heterocycles. The van der Waals surface area contributed by atoms with Crippen LogP contribution < -0.4 is 20.1 Å². The van der Waals surface area contributed by atoms with Crippen LogP contribution in [0.25, 0.3) is 0 Å². The van der Waals surface area contributed by atoms with Gasteiger partial charge in [-0.3, -0.25) is 9.59 Å². The van der Waals surface area contributed by atoms with Crippen molar-refractivity contribution in [2.45, 2.75) is 39.2 Å². The van der Waals surface area contributed by atoms with E-state index in [1.54, 1.807) is 6.92 Å². The predicted molar refractivity (Wildman–Crippen MR) is 134 cm³/mol. The van der Waals surface area contributed by atoms with Crippen molar-refractivity contribution in [3.63, 3.8) is 0 Å². The predicted octanol–water partition coefficient (Wildman–Crippen LogP) is 4.20. The molecule has 2 aromatic rings. The van der Waals surface area contributed by atoms with Crippen molar-refractivity contribution in [3.8, 4) is 11.5 Å². The zero-order chi connectivity index (χ0) is 25.8. The maximum atomic E-state index is 13.2. The maximum absolute atomic E-state index is 13.2. The van der Waals surface area contributed by atoms with Crippen LogP contribution in [0.4, 0.5) is 0 Å². The molecule has 2 rings (SSSR count).